The van der Waals surface area contributed by atoms with Crippen LogP contribution in [0.1, 0.15) is 26.3 Å². The van der Waals surface area contributed by atoms with Crippen molar-refractivity contribution in [2.45, 2.75) is 26.2 Å². The molecule has 0 aliphatic rings. The second kappa shape index (κ2) is 4.02. The van der Waals surface area contributed by atoms with Gasteiger partial charge >= 0.3 is 0 Å². The molecule has 2 aromatic carbocycles. The largest absolute Gasteiger partial charge is 0.497 e. The van der Waals surface area contributed by atoms with E-state index in [4.69, 9.17) is 4.74 Å². The molecule has 2 nitrogen and oxygen atoms in total. The monoisotopic (exact) mass is 253 g/mol. The number of hydrogen-bond acceptors (Lipinski definition) is 1. The van der Waals surface area contributed by atoms with Crippen molar-refractivity contribution in [2.24, 2.45) is 0 Å². The number of aromatic nitrogens is 1. The first-order valence-corrected chi connectivity index (χ1v) is 6.59. The van der Waals surface area contributed by atoms with Crippen molar-refractivity contribution in [3.8, 4) is 5.75 Å². The predicted octanol–water partition coefficient (Wildman–Crippen LogP) is 4.63. The van der Waals surface area contributed by atoms with Crippen LogP contribution in [0.2, 0.25) is 0 Å². The fourth-order valence-electron chi connectivity index (χ4n) is 2.48. The number of aromatic amines is 1. The highest BCUT2D eigenvalue weighted by atomic mass is 16.5. The van der Waals surface area contributed by atoms with E-state index in [-0.39, 0.29) is 5.41 Å². The minimum atomic E-state index is 0.170. The van der Waals surface area contributed by atoms with Crippen LogP contribution in [0.3, 0.4) is 0 Å². The molecule has 0 unspecified atom stereocenters. The lowest BCUT2D eigenvalue weighted by Gasteiger charge is -2.18. The van der Waals surface area contributed by atoms with Crippen molar-refractivity contribution in [2.75, 3.05) is 7.11 Å². The number of ether oxygens (including phenoxy) is 1. The molecule has 1 N–H and O–H groups in total. The highest BCUT2D eigenvalue weighted by Gasteiger charge is 2.15. The van der Waals surface area contributed by atoms with E-state index in [9.17, 15) is 0 Å². The molecule has 98 valence electrons. The van der Waals surface area contributed by atoms with Gasteiger partial charge in [0.25, 0.3) is 0 Å². The summed E-state index contributed by atoms with van der Waals surface area (Å²) in [7, 11) is 1.70. The van der Waals surface area contributed by atoms with Gasteiger partial charge in [-0.05, 0) is 29.2 Å². The topological polar surface area (TPSA) is 25.0 Å². The molecule has 0 radical (unpaired) electrons. The average molecular weight is 253 g/mol. The number of methoxy groups -OCH3 is 1. The first kappa shape index (κ1) is 12.1. The van der Waals surface area contributed by atoms with Crippen LogP contribution in [-0.4, -0.2) is 12.1 Å². The highest BCUT2D eigenvalue weighted by Crippen LogP contribution is 2.31. The van der Waals surface area contributed by atoms with Crippen LogP contribution in [0.15, 0.2) is 36.4 Å². The van der Waals surface area contributed by atoms with Gasteiger partial charge in [-0.2, -0.15) is 0 Å². The van der Waals surface area contributed by atoms with Gasteiger partial charge < -0.3 is 9.72 Å². The number of benzene rings is 2. The first-order valence-electron chi connectivity index (χ1n) is 6.59. The zero-order valence-corrected chi connectivity index (χ0v) is 11.9. The molecule has 0 aliphatic heterocycles. The standard InChI is InChI=1S/C17H19NO/c1-17(2,3)11-5-7-13-14-8-6-12(19-4)10-16(14)18-15(13)9-11/h5-10,18H,1-4H3. The Hall–Kier alpha value is -1.96. The molecule has 0 fully saturated rings. The zero-order valence-electron chi connectivity index (χ0n) is 11.9. The van der Waals surface area contributed by atoms with E-state index in [0.29, 0.717) is 0 Å². The predicted molar refractivity (Wildman–Crippen MR) is 81.1 cm³/mol. The second-order valence-corrected chi connectivity index (χ2v) is 6.05. The van der Waals surface area contributed by atoms with Gasteiger partial charge in [-0.3, -0.25) is 0 Å². The van der Waals surface area contributed by atoms with Crippen LogP contribution in [0, 0.1) is 0 Å². The lowest BCUT2D eigenvalue weighted by molar-refractivity contribution is 0.415. The lowest BCUT2D eigenvalue weighted by atomic mass is 9.86. The Morgan fingerprint density at radius 2 is 1.53 bits per heavy atom. The maximum Gasteiger partial charge on any atom is 0.120 e. The Kier molecular flexibility index (Phi) is 2.56. The summed E-state index contributed by atoms with van der Waals surface area (Å²) in [6.45, 7) is 6.71. The minimum absolute atomic E-state index is 0.170. The summed E-state index contributed by atoms with van der Waals surface area (Å²) in [5.74, 6) is 0.884. The quantitative estimate of drug-likeness (QED) is 0.672. The fraction of sp³-hybridized carbons (Fsp3) is 0.294. The van der Waals surface area contributed by atoms with E-state index in [2.05, 4.69) is 50.0 Å². The van der Waals surface area contributed by atoms with E-state index < -0.39 is 0 Å². The third kappa shape index (κ3) is 1.97. The van der Waals surface area contributed by atoms with Gasteiger partial charge in [-0.15, -0.1) is 0 Å². The van der Waals surface area contributed by atoms with Crippen LogP contribution < -0.4 is 4.74 Å². The molecule has 0 spiro atoms. The summed E-state index contributed by atoms with van der Waals surface area (Å²) in [6.07, 6.45) is 0. The van der Waals surface area contributed by atoms with Crippen molar-refractivity contribution in [3.63, 3.8) is 0 Å². The molecular weight excluding hydrogens is 234 g/mol. The molecule has 2 heteroatoms. The van der Waals surface area contributed by atoms with Gasteiger partial charge in [-0.1, -0.05) is 32.9 Å². The summed E-state index contributed by atoms with van der Waals surface area (Å²) < 4.78 is 5.28. The highest BCUT2D eigenvalue weighted by molar-refractivity contribution is 6.07. The van der Waals surface area contributed by atoms with Crippen LogP contribution >= 0.6 is 0 Å². The number of rotatable bonds is 1. The van der Waals surface area contributed by atoms with Crippen LogP contribution in [-0.2, 0) is 5.41 Å². The molecule has 3 aromatic rings. The Morgan fingerprint density at radius 1 is 0.895 bits per heavy atom. The van der Waals surface area contributed by atoms with E-state index >= 15 is 0 Å². The maximum absolute atomic E-state index is 5.28. The van der Waals surface area contributed by atoms with Gasteiger partial charge in [0.2, 0.25) is 0 Å². The maximum atomic E-state index is 5.28. The summed E-state index contributed by atoms with van der Waals surface area (Å²) in [5.41, 5.74) is 3.83. The molecule has 0 atom stereocenters. The molecule has 0 saturated carbocycles. The number of hydrogen-bond donors (Lipinski definition) is 1. The van der Waals surface area contributed by atoms with Crippen LogP contribution in [0.25, 0.3) is 21.8 Å². The summed E-state index contributed by atoms with van der Waals surface area (Å²) in [4.78, 5) is 3.49. The van der Waals surface area contributed by atoms with Crippen molar-refractivity contribution in [1.82, 2.24) is 4.98 Å². The first-order chi connectivity index (χ1) is 8.99. The molecule has 0 bridgehead atoms. The third-order valence-corrected chi connectivity index (χ3v) is 3.67. The van der Waals surface area contributed by atoms with Gasteiger partial charge in [0.05, 0.1) is 12.6 Å². The van der Waals surface area contributed by atoms with Gasteiger partial charge in [0.1, 0.15) is 5.75 Å². The summed E-state index contributed by atoms with van der Waals surface area (Å²) >= 11 is 0. The third-order valence-electron chi connectivity index (χ3n) is 3.67. The van der Waals surface area contributed by atoms with Crippen molar-refractivity contribution in [1.29, 1.82) is 0 Å². The minimum Gasteiger partial charge on any atom is -0.497 e. The van der Waals surface area contributed by atoms with E-state index in [1.807, 2.05) is 12.1 Å². The number of fused-ring (bicyclic) bond motifs is 3. The van der Waals surface area contributed by atoms with Crippen LogP contribution in [0.5, 0.6) is 5.75 Å². The lowest BCUT2D eigenvalue weighted by Crippen LogP contribution is -2.10. The van der Waals surface area contributed by atoms with Gasteiger partial charge in [-0.25, -0.2) is 0 Å². The smallest absolute Gasteiger partial charge is 0.120 e. The van der Waals surface area contributed by atoms with E-state index in [1.165, 1.54) is 21.9 Å². The Balaban J connectivity index is 2.27. The summed E-state index contributed by atoms with van der Waals surface area (Å²) in [6, 6.07) is 12.9. The normalized spacial score (nSPS) is 12.2. The molecule has 3 rings (SSSR count). The summed E-state index contributed by atoms with van der Waals surface area (Å²) in [5, 5.41) is 2.52. The van der Waals surface area contributed by atoms with Gasteiger partial charge in [0, 0.05) is 22.4 Å². The second-order valence-electron chi connectivity index (χ2n) is 6.05. The average Bonchev–Trinajstić information content (AvgIpc) is 2.73. The van der Waals surface area contributed by atoms with Crippen LogP contribution in [0.4, 0.5) is 0 Å². The molecule has 1 heterocycles. The molecular formula is C17H19NO. The molecule has 0 saturated heterocycles. The molecule has 0 aliphatic carbocycles. The van der Waals surface area contributed by atoms with E-state index in [0.717, 1.165) is 11.3 Å². The molecule has 0 amide bonds. The molecule has 19 heavy (non-hydrogen) atoms. The Bertz CT molecular complexity index is 747. The van der Waals surface area contributed by atoms with E-state index in [1.54, 1.807) is 7.11 Å². The Morgan fingerprint density at radius 3 is 2.16 bits per heavy atom. The van der Waals surface area contributed by atoms with Crippen molar-refractivity contribution >= 4 is 21.8 Å². The van der Waals surface area contributed by atoms with Crippen molar-refractivity contribution in [3.05, 3.63) is 42.0 Å². The Labute approximate surface area is 113 Å². The van der Waals surface area contributed by atoms with Crippen molar-refractivity contribution < 1.29 is 4.74 Å². The number of nitrogens with one attached hydrogen (secondary N) is 1. The fourth-order valence-corrected chi connectivity index (χ4v) is 2.48. The SMILES string of the molecule is COc1ccc2c(c1)[nH]c1cc(C(C)(C)C)ccc12. The number of H-pyrrole nitrogens is 1. The van der Waals surface area contributed by atoms with Gasteiger partial charge in [0.15, 0.2) is 0 Å². The molecule has 1 aromatic heterocycles. The zero-order chi connectivity index (χ0) is 13.6.